The highest BCUT2D eigenvalue weighted by atomic mass is 19.1. The summed E-state index contributed by atoms with van der Waals surface area (Å²) in [7, 11) is 0. The van der Waals surface area contributed by atoms with Crippen LogP contribution in [0.2, 0.25) is 0 Å². The van der Waals surface area contributed by atoms with Gasteiger partial charge in [0.1, 0.15) is 0 Å². The summed E-state index contributed by atoms with van der Waals surface area (Å²) >= 11 is 0. The molecule has 0 saturated carbocycles. The van der Waals surface area contributed by atoms with Crippen molar-refractivity contribution in [3.05, 3.63) is 47.3 Å². The number of amides is 1. The number of carbonyl (C=O) groups is 1. The number of fused-ring (bicyclic) bond motifs is 1. The molecule has 3 N–H and O–H groups in total. The average molecular weight is 286 g/mol. The zero-order valence-electron chi connectivity index (χ0n) is 11.6. The summed E-state index contributed by atoms with van der Waals surface area (Å²) in [5, 5.41) is 2.76. The second-order valence-corrected chi connectivity index (χ2v) is 5.13. The van der Waals surface area contributed by atoms with E-state index in [1.54, 1.807) is 24.3 Å². The van der Waals surface area contributed by atoms with Crippen molar-refractivity contribution in [3.63, 3.8) is 0 Å². The SMILES string of the molecule is Cc1ccc(F)c(Oc2cc3c(cc2N)NC(=O)CC3)c1. The van der Waals surface area contributed by atoms with Gasteiger partial charge in [0.15, 0.2) is 17.3 Å². The highest BCUT2D eigenvalue weighted by Gasteiger charge is 2.18. The average Bonchev–Trinajstić information content (AvgIpc) is 2.44. The molecule has 0 aliphatic carbocycles. The fraction of sp³-hybridized carbons (Fsp3) is 0.188. The smallest absolute Gasteiger partial charge is 0.224 e. The Morgan fingerprint density at radius 1 is 1.19 bits per heavy atom. The molecule has 108 valence electrons. The van der Waals surface area contributed by atoms with Crippen molar-refractivity contribution in [1.29, 1.82) is 0 Å². The normalized spacial score (nSPS) is 13.5. The molecule has 0 atom stereocenters. The summed E-state index contributed by atoms with van der Waals surface area (Å²) in [5.74, 6) is 0.0715. The van der Waals surface area contributed by atoms with E-state index in [0.717, 1.165) is 11.1 Å². The van der Waals surface area contributed by atoms with Gasteiger partial charge in [0, 0.05) is 12.1 Å². The number of hydrogen-bond acceptors (Lipinski definition) is 3. The van der Waals surface area contributed by atoms with Gasteiger partial charge >= 0.3 is 0 Å². The van der Waals surface area contributed by atoms with Gasteiger partial charge < -0.3 is 15.8 Å². The first kappa shape index (κ1) is 13.4. The molecule has 0 radical (unpaired) electrons. The number of nitrogens with one attached hydrogen (secondary N) is 1. The predicted molar refractivity (Wildman–Crippen MR) is 79.0 cm³/mol. The highest BCUT2D eigenvalue weighted by Crippen LogP contribution is 2.36. The number of ether oxygens (including phenoxy) is 1. The summed E-state index contributed by atoms with van der Waals surface area (Å²) in [5.41, 5.74) is 8.82. The molecular weight excluding hydrogens is 271 g/mol. The lowest BCUT2D eigenvalue weighted by Gasteiger charge is -2.19. The van der Waals surface area contributed by atoms with Crippen LogP contribution in [0.4, 0.5) is 15.8 Å². The minimum Gasteiger partial charge on any atom is -0.452 e. The predicted octanol–water partition coefficient (Wildman–Crippen LogP) is 3.39. The number of halogens is 1. The lowest BCUT2D eigenvalue weighted by atomic mass is 10.0. The van der Waals surface area contributed by atoms with Crippen molar-refractivity contribution in [2.45, 2.75) is 19.8 Å². The Labute approximate surface area is 121 Å². The summed E-state index contributed by atoms with van der Waals surface area (Å²) < 4.78 is 19.4. The molecule has 0 aromatic heterocycles. The molecule has 0 fully saturated rings. The Bertz CT molecular complexity index is 728. The molecule has 1 aliphatic heterocycles. The highest BCUT2D eigenvalue weighted by molar-refractivity contribution is 5.94. The zero-order valence-corrected chi connectivity index (χ0v) is 11.6. The van der Waals surface area contributed by atoms with Crippen molar-refractivity contribution in [2.75, 3.05) is 11.1 Å². The van der Waals surface area contributed by atoms with Gasteiger partial charge in [-0.05, 0) is 48.7 Å². The van der Waals surface area contributed by atoms with Crippen LogP contribution in [0.25, 0.3) is 0 Å². The molecule has 5 heteroatoms. The summed E-state index contributed by atoms with van der Waals surface area (Å²) in [6.45, 7) is 1.86. The maximum absolute atomic E-state index is 13.8. The number of anilines is 2. The van der Waals surface area contributed by atoms with Gasteiger partial charge in [0.05, 0.1) is 5.69 Å². The Kier molecular flexibility index (Phi) is 3.25. The third-order valence-corrected chi connectivity index (χ3v) is 3.44. The minimum absolute atomic E-state index is 0.0275. The van der Waals surface area contributed by atoms with Crippen molar-refractivity contribution >= 4 is 17.3 Å². The molecule has 0 bridgehead atoms. The van der Waals surface area contributed by atoms with E-state index in [-0.39, 0.29) is 11.7 Å². The molecule has 2 aromatic rings. The molecule has 1 aliphatic rings. The van der Waals surface area contributed by atoms with Crippen LogP contribution in [-0.2, 0) is 11.2 Å². The van der Waals surface area contributed by atoms with E-state index in [1.165, 1.54) is 6.07 Å². The van der Waals surface area contributed by atoms with Gasteiger partial charge in [-0.25, -0.2) is 4.39 Å². The lowest BCUT2D eigenvalue weighted by molar-refractivity contribution is -0.116. The molecule has 0 unspecified atom stereocenters. The fourth-order valence-corrected chi connectivity index (χ4v) is 2.32. The topological polar surface area (TPSA) is 64.3 Å². The molecule has 3 rings (SSSR count). The first-order valence-corrected chi connectivity index (χ1v) is 6.69. The molecule has 21 heavy (non-hydrogen) atoms. The number of benzene rings is 2. The van der Waals surface area contributed by atoms with Crippen LogP contribution < -0.4 is 15.8 Å². The molecule has 0 saturated heterocycles. The molecule has 1 amide bonds. The Morgan fingerprint density at radius 3 is 2.81 bits per heavy atom. The van der Waals surface area contributed by atoms with Crippen molar-refractivity contribution < 1.29 is 13.9 Å². The summed E-state index contributed by atoms with van der Waals surface area (Å²) in [6, 6.07) is 8.06. The number of nitrogens with two attached hydrogens (primary N) is 1. The molecule has 4 nitrogen and oxygen atoms in total. The van der Waals surface area contributed by atoms with E-state index >= 15 is 0 Å². The van der Waals surface area contributed by atoms with E-state index < -0.39 is 5.82 Å². The first-order valence-electron chi connectivity index (χ1n) is 6.69. The third kappa shape index (κ3) is 2.67. The van der Waals surface area contributed by atoms with E-state index in [1.807, 2.05) is 6.92 Å². The van der Waals surface area contributed by atoms with Crippen LogP contribution in [0.5, 0.6) is 11.5 Å². The van der Waals surface area contributed by atoms with Crippen LogP contribution in [-0.4, -0.2) is 5.91 Å². The number of carbonyl (C=O) groups excluding carboxylic acids is 1. The van der Waals surface area contributed by atoms with Crippen LogP contribution in [0, 0.1) is 12.7 Å². The Hall–Kier alpha value is -2.56. The van der Waals surface area contributed by atoms with Gasteiger partial charge in [-0.2, -0.15) is 0 Å². The third-order valence-electron chi connectivity index (χ3n) is 3.44. The maximum Gasteiger partial charge on any atom is 0.224 e. The van der Waals surface area contributed by atoms with Crippen LogP contribution in [0.15, 0.2) is 30.3 Å². The lowest BCUT2D eigenvalue weighted by Crippen LogP contribution is -2.19. The van der Waals surface area contributed by atoms with Crippen molar-refractivity contribution in [1.82, 2.24) is 0 Å². The number of nitrogen functional groups attached to an aromatic ring is 1. The molecule has 2 aromatic carbocycles. The summed E-state index contributed by atoms with van der Waals surface area (Å²) in [6.07, 6.45) is 1.04. The number of aryl methyl sites for hydroxylation is 2. The second-order valence-electron chi connectivity index (χ2n) is 5.13. The van der Waals surface area contributed by atoms with E-state index in [9.17, 15) is 9.18 Å². The standard InChI is InChI=1S/C16H15FN2O2/c1-9-2-4-11(17)14(6-9)21-15-7-10-3-5-16(20)19-13(10)8-12(15)18/h2,4,6-8H,3,5,18H2,1H3,(H,19,20). The zero-order chi connectivity index (χ0) is 15.0. The monoisotopic (exact) mass is 286 g/mol. The minimum atomic E-state index is -0.439. The van der Waals surface area contributed by atoms with Gasteiger partial charge in [0.25, 0.3) is 0 Å². The molecule has 0 spiro atoms. The molecule has 1 heterocycles. The Morgan fingerprint density at radius 2 is 2.00 bits per heavy atom. The van der Waals surface area contributed by atoms with E-state index in [2.05, 4.69) is 5.32 Å². The number of rotatable bonds is 2. The van der Waals surface area contributed by atoms with E-state index in [0.29, 0.717) is 30.0 Å². The Balaban J connectivity index is 1.96. The maximum atomic E-state index is 13.8. The van der Waals surface area contributed by atoms with Crippen LogP contribution >= 0.6 is 0 Å². The number of hydrogen-bond donors (Lipinski definition) is 2. The van der Waals surface area contributed by atoms with Crippen LogP contribution in [0.1, 0.15) is 17.5 Å². The molecular formula is C16H15FN2O2. The second kappa shape index (κ2) is 5.09. The quantitative estimate of drug-likeness (QED) is 0.832. The van der Waals surface area contributed by atoms with Crippen molar-refractivity contribution in [2.24, 2.45) is 0 Å². The van der Waals surface area contributed by atoms with Crippen LogP contribution in [0.3, 0.4) is 0 Å². The largest absolute Gasteiger partial charge is 0.452 e. The van der Waals surface area contributed by atoms with E-state index in [4.69, 9.17) is 10.5 Å². The van der Waals surface area contributed by atoms with Gasteiger partial charge in [-0.15, -0.1) is 0 Å². The van der Waals surface area contributed by atoms with Gasteiger partial charge in [-0.1, -0.05) is 6.07 Å². The van der Waals surface area contributed by atoms with Gasteiger partial charge in [0.2, 0.25) is 5.91 Å². The van der Waals surface area contributed by atoms with Crippen molar-refractivity contribution in [3.8, 4) is 11.5 Å². The van der Waals surface area contributed by atoms with Gasteiger partial charge in [-0.3, -0.25) is 4.79 Å². The summed E-state index contributed by atoms with van der Waals surface area (Å²) in [4.78, 5) is 11.4. The fourth-order valence-electron chi connectivity index (χ4n) is 2.32. The first-order chi connectivity index (χ1) is 10.0.